The van der Waals surface area contributed by atoms with Crippen molar-refractivity contribution in [1.82, 2.24) is 20.0 Å². The summed E-state index contributed by atoms with van der Waals surface area (Å²) in [6, 6.07) is 7.54. The van der Waals surface area contributed by atoms with E-state index in [1.807, 2.05) is 31.2 Å². The van der Waals surface area contributed by atoms with E-state index >= 15 is 0 Å². The molecule has 0 unspecified atom stereocenters. The molecular formula is C18H16N6O3. The Bertz CT molecular complexity index is 1080. The summed E-state index contributed by atoms with van der Waals surface area (Å²) in [7, 11) is 1.75. The van der Waals surface area contributed by atoms with Crippen molar-refractivity contribution in [2.45, 2.75) is 13.3 Å². The summed E-state index contributed by atoms with van der Waals surface area (Å²) in [4.78, 5) is 12.7. The van der Waals surface area contributed by atoms with Crippen molar-refractivity contribution < 1.29 is 14.3 Å². The maximum Gasteiger partial charge on any atom is 0.276 e. The van der Waals surface area contributed by atoms with Crippen molar-refractivity contribution in [3.8, 4) is 28.7 Å². The maximum absolute atomic E-state index is 12.7. The lowest BCUT2D eigenvalue weighted by Gasteiger charge is -2.09. The van der Waals surface area contributed by atoms with E-state index in [1.54, 1.807) is 11.7 Å². The molecule has 2 N–H and O–H groups in total. The second kappa shape index (κ2) is 6.49. The van der Waals surface area contributed by atoms with Crippen LogP contribution in [0.15, 0.2) is 24.4 Å². The van der Waals surface area contributed by atoms with Gasteiger partial charge in [0, 0.05) is 12.6 Å². The van der Waals surface area contributed by atoms with Gasteiger partial charge in [-0.25, -0.2) is 0 Å². The van der Waals surface area contributed by atoms with Crippen LogP contribution in [0.4, 0.5) is 5.82 Å². The van der Waals surface area contributed by atoms with E-state index in [0.717, 1.165) is 16.8 Å². The third-order valence-corrected chi connectivity index (χ3v) is 4.33. The van der Waals surface area contributed by atoms with E-state index in [0.29, 0.717) is 23.7 Å². The lowest BCUT2D eigenvalue weighted by atomic mass is 10.0. The third-order valence-electron chi connectivity index (χ3n) is 4.33. The number of H-pyrrole nitrogens is 1. The van der Waals surface area contributed by atoms with Crippen LogP contribution in [0.25, 0.3) is 11.1 Å². The van der Waals surface area contributed by atoms with Crippen LogP contribution >= 0.6 is 0 Å². The van der Waals surface area contributed by atoms with Crippen LogP contribution in [0.2, 0.25) is 0 Å². The first kappa shape index (κ1) is 16.7. The van der Waals surface area contributed by atoms with Crippen LogP contribution in [0.1, 0.15) is 28.7 Å². The lowest BCUT2D eigenvalue weighted by molar-refractivity contribution is 0.102. The number of nitrogens with one attached hydrogen (secondary N) is 2. The zero-order chi connectivity index (χ0) is 19.0. The fourth-order valence-electron chi connectivity index (χ4n) is 3.04. The smallest absolute Gasteiger partial charge is 0.276 e. The first-order valence-electron chi connectivity index (χ1n) is 8.33. The van der Waals surface area contributed by atoms with Gasteiger partial charge in [-0.3, -0.25) is 14.6 Å². The second-order valence-electron chi connectivity index (χ2n) is 5.94. The lowest BCUT2D eigenvalue weighted by Crippen LogP contribution is -2.16. The molecular weight excluding hydrogens is 348 g/mol. The Hall–Kier alpha value is -3.80. The van der Waals surface area contributed by atoms with Crippen molar-refractivity contribution >= 4 is 11.7 Å². The molecule has 3 heterocycles. The van der Waals surface area contributed by atoms with Gasteiger partial charge in [-0.2, -0.15) is 15.5 Å². The number of aromatic amines is 1. The highest BCUT2D eigenvalue weighted by Crippen LogP contribution is 2.39. The van der Waals surface area contributed by atoms with Crippen molar-refractivity contribution in [1.29, 1.82) is 5.26 Å². The number of carbonyl (C=O) groups is 1. The number of aromatic nitrogens is 4. The van der Waals surface area contributed by atoms with Crippen LogP contribution in [0.5, 0.6) is 11.5 Å². The zero-order valence-corrected chi connectivity index (χ0v) is 14.7. The highest BCUT2D eigenvalue weighted by molar-refractivity contribution is 6.06. The minimum absolute atomic E-state index is 0.105. The highest BCUT2D eigenvalue weighted by atomic mass is 16.7. The van der Waals surface area contributed by atoms with Gasteiger partial charge in [0.25, 0.3) is 5.91 Å². The number of carbonyl (C=O) groups excluding carboxylic acids is 1. The number of anilines is 1. The van der Waals surface area contributed by atoms with Gasteiger partial charge in [0.15, 0.2) is 11.5 Å². The molecule has 0 saturated heterocycles. The molecule has 9 nitrogen and oxygen atoms in total. The van der Waals surface area contributed by atoms with Gasteiger partial charge in [-0.1, -0.05) is 13.0 Å². The summed E-state index contributed by atoms with van der Waals surface area (Å²) in [6.07, 6.45) is 2.00. The highest BCUT2D eigenvalue weighted by Gasteiger charge is 2.23. The fourth-order valence-corrected chi connectivity index (χ4v) is 3.04. The van der Waals surface area contributed by atoms with Crippen LogP contribution < -0.4 is 14.8 Å². The summed E-state index contributed by atoms with van der Waals surface area (Å²) in [5, 5.41) is 22.8. The van der Waals surface area contributed by atoms with Crippen LogP contribution in [0, 0.1) is 11.3 Å². The molecule has 2 aromatic heterocycles. The average molecular weight is 364 g/mol. The molecule has 0 fully saturated rings. The summed E-state index contributed by atoms with van der Waals surface area (Å²) in [6.45, 7) is 2.18. The molecule has 4 rings (SSSR count). The number of nitrogens with zero attached hydrogens (tertiary/aromatic N) is 4. The molecule has 1 aliphatic heterocycles. The van der Waals surface area contributed by atoms with Gasteiger partial charge in [0.05, 0.1) is 11.9 Å². The molecule has 9 heteroatoms. The molecule has 0 atom stereocenters. The molecule has 1 aromatic carbocycles. The molecule has 0 bridgehead atoms. The third kappa shape index (κ3) is 2.77. The molecule has 0 saturated carbocycles. The van der Waals surface area contributed by atoms with Crippen LogP contribution in [0.3, 0.4) is 0 Å². The van der Waals surface area contributed by atoms with Gasteiger partial charge in [-0.05, 0) is 24.1 Å². The average Bonchev–Trinajstić information content (AvgIpc) is 3.39. The Balaban J connectivity index is 1.77. The van der Waals surface area contributed by atoms with E-state index in [2.05, 4.69) is 20.6 Å². The minimum Gasteiger partial charge on any atom is -0.454 e. The number of fused-ring (bicyclic) bond motifs is 1. The van der Waals surface area contributed by atoms with Gasteiger partial charge < -0.3 is 14.8 Å². The quantitative estimate of drug-likeness (QED) is 0.733. The molecule has 0 radical (unpaired) electrons. The summed E-state index contributed by atoms with van der Waals surface area (Å²) < 4.78 is 12.4. The van der Waals surface area contributed by atoms with E-state index in [1.165, 1.54) is 6.20 Å². The molecule has 1 amide bonds. The van der Waals surface area contributed by atoms with Crippen LogP contribution in [-0.2, 0) is 13.5 Å². The Morgan fingerprint density at radius 1 is 1.41 bits per heavy atom. The Morgan fingerprint density at radius 3 is 3.00 bits per heavy atom. The topological polar surface area (TPSA) is 118 Å². The van der Waals surface area contributed by atoms with Gasteiger partial charge in [-0.15, -0.1) is 0 Å². The Kier molecular flexibility index (Phi) is 4.01. The summed E-state index contributed by atoms with van der Waals surface area (Å²) in [5.41, 5.74) is 2.76. The second-order valence-corrected chi connectivity index (χ2v) is 5.94. The van der Waals surface area contributed by atoms with E-state index in [4.69, 9.17) is 14.7 Å². The SMILES string of the molecule is CCc1nn(C)c(NC(=O)c2[nH]ncc2C#N)c1-c1ccc2c(c1)OCO2. The number of amides is 1. The molecule has 0 spiro atoms. The molecule has 1 aliphatic rings. The molecule has 0 aliphatic carbocycles. The largest absolute Gasteiger partial charge is 0.454 e. The summed E-state index contributed by atoms with van der Waals surface area (Å²) in [5.74, 6) is 1.39. The Morgan fingerprint density at radius 2 is 2.22 bits per heavy atom. The predicted molar refractivity (Wildman–Crippen MR) is 95.4 cm³/mol. The van der Waals surface area contributed by atoms with Gasteiger partial charge in [0.2, 0.25) is 6.79 Å². The van der Waals surface area contributed by atoms with Crippen molar-refractivity contribution in [2.75, 3.05) is 12.1 Å². The first-order valence-corrected chi connectivity index (χ1v) is 8.33. The van der Waals surface area contributed by atoms with Crippen molar-refractivity contribution in [2.24, 2.45) is 7.05 Å². The standard InChI is InChI=1S/C18H16N6O3/c1-3-12-15(10-4-5-13-14(6-10)27-9-26-13)17(24(2)23-12)21-18(25)16-11(7-19)8-20-22-16/h4-6,8H,3,9H2,1-2H3,(H,20,22)(H,21,25). The number of benzene rings is 1. The van der Waals surface area contributed by atoms with Crippen LogP contribution in [-0.4, -0.2) is 32.7 Å². The van der Waals surface area contributed by atoms with Gasteiger partial charge >= 0.3 is 0 Å². The molecule has 136 valence electrons. The number of aryl methyl sites for hydroxylation is 2. The monoisotopic (exact) mass is 364 g/mol. The summed E-state index contributed by atoms with van der Waals surface area (Å²) >= 11 is 0. The first-order chi connectivity index (χ1) is 13.1. The maximum atomic E-state index is 12.7. The van der Waals surface area contributed by atoms with Crippen molar-refractivity contribution in [3.05, 3.63) is 41.3 Å². The zero-order valence-electron chi connectivity index (χ0n) is 14.7. The number of hydrogen-bond acceptors (Lipinski definition) is 6. The normalized spacial score (nSPS) is 12.0. The van der Waals surface area contributed by atoms with E-state index in [9.17, 15) is 4.79 Å². The van der Waals surface area contributed by atoms with E-state index in [-0.39, 0.29) is 18.1 Å². The molecule has 3 aromatic rings. The fraction of sp³-hybridized carbons (Fsp3) is 0.222. The number of ether oxygens (including phenoxy) is 2. The number of nitriles is 1. The van der Waals surface area contributed by atoms with Gasteiger partial charge in [0.1, 0.15) is 23.1 Å². The number of rotatable bonds is 4. The van der Waals surface area contributed by atoms with Crippen molar-refractivity contribution in [3.63, 3.8) is 0 Å². The minimum atomic E-state index is -0.461. The number of hydrogen-bond donors (Lipinski definition) is 2. The van der Waals surface area contributed by atoms with E-state index < -0.39 is 5.91 Å². The molecule has 27 heavy (non-hydrogen) atoms. The predicted octanol–water partition coefficient (Wildman–Crippen LogP) is 2.23. The Labute approximate surface area is 154 Å².